The number of nitro groups is 1. The number of halogens is 1. The molecule has 1 aliphatic heterocycles. The molecule has 2 heterocycles. The summed E-state index contributed by atoms with van der Waals surface area (Å²) < 4.78 is 5.41. The van der Waals surface area contributed by atoms with E-state index in [0.717, 1.165) is 43.6 Å². The third-order valence-corrected chi connectivity index (χ3v) is 6.50. The summed E-state index contributed by atoms with van der Waals surface area (Å²) in [5.74, 6) is 0.171. The molecule has 0 bridgehead atoms. The number of hydrogen-bond donors (Lipinski definition) is 0. The number of furan rings is 1. The van der Waals surface area contributed by atoms with Gasteiger partial charge < -0.3 is 9.32 Å². The lowest BCUT2D eigenvalue weighted by molar-refractivity contribution is -0.384. The molecule has 33 heavy (non-hydrogen) atoms. The van der Waals surface area contributed by atoms with Gasteiger partial charge in [-0.25, -0.2) is 0 Å². The molecule has 8 heteroatoms. The maximum Gasteiger partial charge on any atom is 0.294 e. The van der Waals surface area contributed by atoms with Crippen LogP contribution in [0.5, 0.6) is 0 Å². The first-order valence-corrected chi connectivity index (χ1v) is 11.4. The second kappa shape index (κ2) is 10.2. The molecule has 1 aliphatic rings. The van der Waals surface area contributed by atoms with Crippen molar-refractivity contribution in [2.45, 2.75) is 38.8 Å². The maximum absolute atomic E-state index is 13.3. The SMILES string of the molecule is CCc1ccc(N(C(=O)c2ccco2)C2CCN(Cc3cc([N+](=O)[O-])ccc3Cl)CC2)cc1. The predicted molar refractivity (Wildman–Crippen MR) is 128 cm³/mol. The van der Waals surface area contributed by atoms with E-state index < -0.39 is 4.92 Å². The van der Waals surface area contributed by atoms with Gasteiger partial charge in [0.15, 0.2) is 5.76 Å². The molecular formula is C25H26ClN3O4. The zero-order valence-corrected chi connectivity index (χ0v) is 19.2. The van der Waals surface area contributed by atoms with Crippen LogP contribution >= 0.6 is 11.6 Å². The second-order valence-electron chi connectivity index (χ2n) is 8.21. The maximum atomic E-state index is 13.3. The summed E-state index contributed by atoms with van der Waals surface area (Å²) in [7, 11) is 0. The minimum atomic E-state index is -0.409. The topological polar surface area (TPSA) is 79.8 Å². The molecule has 1 amide bonds. The number of benzene rings is 2. The molecule has 172 valence electrons. The van der Waals surface area contributed by atoms with E-state index in [-0.39, 0.29) is 17.6 Å². The number of rotatable bonds is 7. The van der Waals surface area contributed by atoms with Crippen molar-refractivity contribution in [3.8, 4) is 0 Å². The second-order valence-corrected chi connectivity index (χ2v) is 8.62. The van der Waals surface area contributed by atoms with Gasteiger partial charge in [-0.15, -0.1) is 0 Å². The summed E-state index contributed by atoms with van der Waals surface area (Å²) in [4.78, 5) is 28.1. The molecule has 4 rings (SSSR count). The molecule has 0 unspecified atom stereocenters. The number of carbonyl (C=O) groups excluding carboxylic acids is 1. The van der Waals surface area contributed by atoms with Crippen LogP contribution in [-0.2, 0) is 13.0 Å². The number of nitro benzene ring substituents is 1. The number of likely N-dealkylation sites (tertiary alicyclic amines) is 1. The van der Waals surface area contributed by atoms with Crippen molar-refractivity contribution in [2.24, 2.45) is 0 Å². The zero-order chi connectivity index (χ0) is 23.4. The molecule has 0 atom stereocenters. The van der Waals surface area contributed by atoms with Crippen molar-refractivity contribution in [2.75, 3.05) is 18.0 Å². The predicted octanol–water partition coefficient (Wildman–Crippen LogP) is 5.72. The first-order chi connectivity index (χ1) is 16.0. The van der Waals surface area contributed by atoms with Crippen LogP contribution in [0, 0.1) is 10.1 Å². The Labute approximate surface area is 197 Å². The van der Waals surface area contributed by atoms with Crippen LogP contribution in [0.15, 0.2) is 65.3 Å². The molecule has 3 aromatic rings. The third kappa shape index (κ3) is 5.26. The lowest BCUT2D eigenvalue weighted by atomic mass is 10.0. The highest BCUT2D eigenvalue weighted by atomic mass is 35.5. The average Bonchev–Trinajstić information content (AvgIpc) is 3.37. The molecule has 1 fully saturated rings. The standard InChI is InChI=1S/C25H26ClN3O4/c1-2-18-5-7-20(8-6-18)28(25(30)24-4-3-15-33-24)21-11-13-27(14-12-21)17-19-16-22(29(31)32)9-10-23(19)26/h3-10,15-16,21H,2,11-14,17H2,1H3. The lowest BCUT2D eigenvalue weighted by Gasteiger charge is -2.38. The molecule has 0 aliphatic carbocycles. The van der Waals surface area contributed by atoms with Gasteiger partial charge in [0.2, 0.25) is 0 Å². The number of aryl methyl sites for hydroxylation is 1. The largest absolute Gasteiger partial charge is 0.459 e. The Bertz CT molecular complexity index is 1110. The van der Waals surface area contributed by atoms with Crippen LogP contribution < -0.4 is 4.90 Å². The van der Waals surface area contributed by atoms with E-state index in [1.54, 1.807) is 18.2 Å². The summed E-state index contributed by atoms with van der Waals surface area (Å²) in [5, 5.41) is 11.6. The zero-order valence-electron chi connectivity index (χ0n) is 18.4. The Morgan fingerprint density at radius 3 is 2.52 bits per heavy atom. The van der Waals surface area contributed by atoms with Gasteiger partial charge >= 0.3 is 0 Å². The normalized spacial score (nSPS) is 14.8. The quantitative estimate of drug-likeness (QED) is 0.328. The minimum Gasteiger partial charge on any atom is -0.459 e. The summed E-state index contributed by atoms with van der Waals surface area (Å²) >= 11 is 6.29. The number of hydrogen-bond acceptors (Lipinski definition) is 5. The Morgan fingerprint density at radius 2 is 1.91 bits per heavy atom. The van der Waals surface area contributed by atoms with Gasteiger partial charge in [-0.3, -0.25) is 19.8 Å². The average molecular weight is 468 g/mol. The molecule has 1 saturated heterocycles. The molecule has 0 radical (unpaired) electrons. The molecule has 2 aromatic carbocycles. The summed E-state index contributed by atoms with van der Waals surface area (Å²) in [6.45, 7) is 4.13. The Morgan fingerprint density at radius 1 is 1.18 bits per heavy atom. The molecule has 1 aromatic heterocycles. The number of anilines is 1. The van der Waals surface area contributed by atoms with E-state index in [1.165, 1.54) is 24.0 Å². The Kier molecular flexibility index (Phi) is 7.11. The van der Waals surface area contributed by atoms with Crippen LogP contribution in [0.2, 0.25) is 5.02 Å². The van der Waals surface area contributed by atoms with Crippen molar-refractivity contribution in [1.82, 2.24) is 4.90 Å². The first kappa shape index (κ1) is 23.0. The van der Waals surface area contributed by atoms with E-state index in [9.17, 15) is 14.9 Å². The lowest BCUT2D eigenvalue weighted by Crippen LogP contribution is -2.47. The fraction of sp³-hybridized carbons (Fsp3) is 0.320. The van der Waals surface area contributed by atoms with Gasteiger partial charge in [-0.2, -0.15) is 0 Å². The molecule has 0 saturated carbocycles. The number of nitrogens with zero attached hydrogens (tertiary/aromatic N) is 3. The van der Waals surface area contributed by atoms with Crippen LogP contribution in [0.1, 0.15) is 41.4 Å². The molecule has 7 nitrogen and oxygen atoms in total. The van der Waals surface area contributed by atoms with E-state index in [4.69, 9.17) is 16.0 Å². The summed E-state index contributed by atoms with van der Waals surface area (Å²) in [6.07, 6.45) is 3.99. The van der Waals surface area contributed by atoms with Gasteiger partial charge in [0.1, 0.15) is 0 Å². The van der Waals surface area contributed by atoms with Crippen LogP contribution in [-0.4, -0.2) is 34.9 Å². The number of amides is 1. The fourth-order valence-electron chi connectivity index (χ4n) is 4.28. The number of non-ortho nitro benzene ring substituents is 1. The fourth-order valence-corrected chi connectivity index (χ4v) is 4.45. The molecule has 0 N–H and O–H groups in total. The van der Waals surface area contributed by atoms with E-state index in [2.05, 4.69) is 24.0 Å². The van der Waals surface area contributed by atoms with Gasteiger partial charge in [-0.05, 0) is 60.7 Å². The van der Waals surface area contributed by atoms with Crippen molar-refractivity contribution in [3.05, 3.63) is 92.9 Å². The van der Waals surface area contributed by atoms with Crippen LogP contribution in [0.3, 0.4) is 0 Å². The van der Waals surface area contributed by atoms with E-state index in [0.29, 0.717) is 17.3 Å². The number of carbonyl (C=O) groups is 1. The third-order valence-electron chi connectivity index (χ3n) is 6.13. The molecule has 0 spiro atoms. The van der Waals surface area contributed by atoms with Crippen molar-refractivity contribution in [3.63, 3.8) is 0 Å². The first-order valence-electron chi connectivity index (χ1n) is 11.1. The van der Waals surface area contributed by atoms with Crippen molar-refractivity contribution < 1.29 is 14.1 Å². The summed E-state index contributed by atoms with van der Waals surface area (Å²) in [5.41, 5.74) is 2.85. The Hall–Kier alpha value is -3.16. The smallest absolute Gasteiger partial charge is 0.294 e. The van der Waals surface area contributed by atoms with Crippen molar-refractivity contribution >= 4 is 28.9 Å². The van der Waals surface area contributed by atoms with Crippen LogP contribution in [0.25, 0.3) is 0 Å². The van der Waals surface area contributed by atoms with Gasteiger partial charge in [0.05, 0.1) is 11.2 Å². The summed E-state index contributed by atoms with van der Waals surface area (Å²) in [6, 6.07) is 16.1. The number of piperidine rings is 1. The van der Waals surface area contributed by atoms with Crippen LogP contribution in [0.4, 0.5) is 11.4 Å². The molecular weight excluding hydrogens is 442 g/mol. The monoisotopic (exact) mass is 467 g/mol. The highest BCUT2D eigenvalue weighted by Crippen LogP contribution is 2.29. The van der Waals surface area contributed by atoms with E-state index in [1.807, 2.05) is 17.0 Å². The van der Waals surface area contributed by atoms with Crippen molar-refractivity contribution in [1.29, 1.82) is 0 Å². The highest BCUT2D eigenvalue weighted by molar-refractivity contribution is 6.31. The van der Waals surface area contributed by atoms with Gasteiger partial charge in [0.25, 0.3) is 11.6 Å². The highest BCUT2D eigenvalue weighted by Gasteiger charge is 2.31. The minimum absolute atomic E-state index is 0.0203. The van der Waals surface area contributed by atoms with E-state index >= 15 is 0 Å². The van der Waals surface area contributed by atoms with Gasteiger partial charge in [-0.1, -0.05) is 30.7 Å². The Balaban J connectivity index is 1.49. The van der Waals surface area contributed by atoms with Gasteiger partial charge in [0, 0.05) is 48.5 Å².